The van der Waals surface area contributed by atoms with Crippen LogP contribution in [0.5, 0.6) is 0 Å². The normalized spacial score (nSPS) is 14.5. The van der Waals surface area contributed by atoms with Crippen LogP contribution < -0.4 is 16.0 Å². The van der Waals surface area contributed by atoms with Crippen LogP contribution in [0.2, 0.25) is 0 Å². The molecule has 0 bridgehead atoms. The number of hydrogen-bond donors (Lipinski definition) is 3. The molecule has 0 radical (unpaired) electrons. The molecule has 1 aliphatic carbocycles. The summed E-state index contributed by atoms with van der Waals surface area (Å²) in [6, 6.07) is 7.68. The molecule has 1 fully saturated rings. The predicted octanol–water partition coefficient (Wildman–Crippen LogP) is 2.33. The van der Waals surface area contributed by atoms with Crippen molar-refractivity contribution in [2.24, 2.45) is 4.99 Å². The monoisotopic (exact) mass is 426 g/mol. The molecule has 1 saturated carbocycles. The van der Waals surface area contributed by atoms with Crippen LogP contribution in [0.25, 0.3) is 0 Å². The quantitative estimate of drug-likeness (QED) is 0.300. The van der Waals surface area contributed by atoms with Crippen molar-refractivity contribution in [1.29, 1.82) is 0 Å². The molecule has 1 aliphatic rings. The topological polar surface area (TPSA) is 65.5 Å². The highest BCUT2D eigenvalue weighted by Gasteiger charge is 2.16. The van der Waals surface area contributed by atoms with E-state index in [1.807, 2.05) is 18.2 Å². The number of carbonyl (C=O) groups is 1. The number of benzene rings is 1. The van der Waals surface area contributed by atoms with Gasteiger partial charge in [-0.1, -0.05) is 24.8 Å². The van der Waals surface area contributed by atoms with Gasteiger partial charge in [0.25, 0.3) is 0 Å². The Morgan fingerprint density at radius 3 is 2.78 bits per heavy atom. The summed E-state index contributed by atoms with van der Waals surface area (Å²) >= 11 is 0. The highest BCUT2D eigenvalue weighted by atomic mass is 127. The lowest BCUT2D eigenvalue weighted by Gasteiger charge is -2.16. The van der Waals surface area contributed by atoms with E-state index < -0.39 is 0 Å². The molecule has 0 aliphatic heterocycles. The van der Waals surface area contributed by atoms with Gasteiger partial charge < -0.3 is 16.0 Å². The molecule has 23 heavy (non-hydrogen) atoms. The van der Waals surface area contributed by atoms with Crippen molar-refractivity contribution in [2.75, 3.05) is 18.9 Å². The maximum Gasteiger partial charge on any atom is 0.243 e. The second-order valence-electron chi connectivity index (χ2n) is 5.32. The smallest absolute Gasteiger partial charge is 0.243 e. The minimum absolute atomic E-state index is 0. The van der Waals surface area contributed by atoms with E-state index in [9.17, 15) is 4.79 Å². The number of anilines is 1. The second-order valence-corrected chi connectivity index (χ2v) is 5.32. The van der Waals surface area contributed by atoms with Crippen molar-refractivity contribution < 1.29 is 4.79 Å². The maximum absolute atomic E-state index is 12.0. The van der Waals surface area contributed by atoms with Gasteiger partial charge in [-0.3, -0.25) is 9.79 Å². The molecule has 124 valence electrons. The van der Waals surface area contributed by atoms with E-state index in [0.717, 1.165) is 18.4 Å². The number of aliphatic imine (C=N–C) groups is 1. The zero-order valence-corrected chi connectivity index (χ0v) is 15.6. The van der Waals surface area contributed by atoms with E-state index in [0.29, 0.717) is 17.7 Å². The van der Waals surface area contributed by atoms with Crippen LogP contribution in [0.4, 0.5) is 5.69 Å². The average Bonchev–Trinajstić information content (AvgIpc) is 3.04. The summed E-state index contributed by atoms with van der Waals surface area (Å²) in [6.45, 7) is 0.159. The second kappa shape index (κ2) is 10.1. The van der Waals surface area contributed by atoms with E-state index in [4.69, 9.17) is 6.42 Å². The number of rotatable bonds is 4. The molecule has 0 atom stereocenters. The molecule has 1 aromatic carbocycles. The molecule has 0 spiro atoms. The number of nitrogens with one attached hydrogen (secondary N) is 3. The van der Waals surface area contributed by atoms with Crippen LogP contribution >= 0.6 is 24.0 Å². The van der Waals surface area contributed by atoms with E-state index >= 15 is 0 Å². The number of nitrogens with zero attached hydrogens (tertiary/aromatic N) is 1. The molecular weight excluding hydrogens is 403 g/mol. The van der Waals surface area contributed by atoms with Gasteiger partial charge in [0.15, 0.2) is 5.96 Å². The van der Waals surface area contributed by atoms with Crippen LogP contribution in [-0.4, -0.2) is 31.5 Å². The first-order valence-corrected chi connectivity index (χ1v) is 7.55. The number of hydrogen-bond acceptors (Lipinski definition) is 2. The van der Waals surface area contributed by atoms with Crippen molar-refractivity contribution in [2.45, 2.75) is 31.7 Å². The lowest BCUT2D eigenvalue weighted by Crippen LogP contribution is -2.45. The number of terminal acetylenes is 1. The van der Waals surface area contributed by atoms with Gasteiger partial charge in [0.2, 0.25) is 5.91 Å². The van der Waals surface area contributed by atoms with Crippen LogP contribution in [0.15, 0.2) is 29.3 Å². The number of halogens is 1. The Morgan fingerprint density at radius 1 is 1.39 bits per heavy atom. The van der Waals surface area contributed by atoms with E-state index in [1.165, 1.54) is 12.8 Å². The fourth-order valence-electron chi connectivity index (χ4n) is 2.51. The van der Waals surface area contributed by atoms with Crippen LogP contribution in [-0.2, 0) is 4.79 Å². The highest BCUT2D eigenvalue weighted by molar-refractivity contribution is 14.0. The van der Waals surface area contributed by atoms with Gasteiger partial charge in [-0.2, -0.15) is 0 Å². The summed E-state index contributed by atoms with van der Waals surface area (Å²) in [5, 5.41) is 9.18. The van der Waals surface area contributed by atoms with Gasteiger partial charge in [0, 0.05) is 24.3 Å². The molecule has 0 saturated heterocycles. The Morgan fingerprint density at radius 2 is 2.13 bits per heavy atom. The molecule has 0 aromatic heterocycles. The summed E-state index contributed by atoms with van der Waals surface area (Å²) in [5.74, 6) is 3.07. The van der Waals surface area contributed by atoms with E-state index in [1.54, 1.807) is 13.1 Å². The Balaban J connectivity index is 0.00000264. The first-order valence-electron chi connectivity index (χ1n) is 7.55. The van der Waals surface area contributed by atoms with Crippen LogP contribution in [0.3, 0.4) is 0 Å². The SMILES string of the molecule is C#Cc1cccc(NC(=O)CNC(=NC)NC2CCCC2)c1.I. The highest BCUT2D eigenvalue weighted by Crippen LogP contribution is 2.17. The van der Waals surface area contributed by atoms with E-state index in [-0.39, 0.29) is 36.4 Å². The van der Waals surface area contributed by atoms with Crippen molar-refractivity contribution >= 4 is 41.5 Å². The van der Waals surface area contributed by atoms with Crippen molar-refractivity contribution in [3.8, 4) is 12.3 Å². The molecule has 2 rings (SSSR count). The summed E-state index contributed by atoms with van der Waals surface area (Å²) in [5.41, 5.74) is 1.44. The average molecular weight is 426 g/mol. The van der Waals surface area contributed by atoms with Gasteiger partial charge in [-0.15, -0.1) is 30.4 Å². The van der Waals surface area contributed by atoms with Crippen LogP contribution in [0, 0.1) is 12.3 Å². The zero-order valence-electron chi connectivity index (χ0n) is 13.3. The number of guanidine groups is 1. The van der Waals surface area contributed by atoms with Gasteiger partial charge >= 0.3 is 0 Å². The number of amides is 1. The fourth-order valence-corrected chi connectivity index (χ4v) is 2.51. The Kier molecular flexibility index (Phi) is 8.48. The van der Waals surface area contributed by atoms with Crippen molar-refractivity contribution in [3.63, 3.8) is 0 Å². The summed E-state index contributed by atoms with van der Waals surface area (Å²) in [7, 11) is 1.71. The Labute approximate surface area is 154 Å². The van der Waals surface area contributed by atoms with Gasteiger partial charge in [-0.05, 0) is 31.0 Å². The van der Waals surface area contributed by atoms with Crippen molar-refractivity contribution in [3.05, 3.63) is 29.8 Å². The van der Waals surface area contributed by atoms with Crippen LogP contribution in [0.1, 0.15) is 31.2 Å². The third-order valence-corrected chi connectivity index (χ3v) is 3.65. The summed E-state index contributed by atoms with van der Waals surface area (Å²) < 4.78 is 0. The standard InChI is InChI=1S/C17H22N4O.HI/c1-3-13-7-6-10-15(11-13)20-16(22)12-19-17(18-2)21-14-8-4-5-9-14;/h1,6-7,10-11,14H,4-5,8-9,12H2,2H3,(H,20,22)(H2,18,19,21);1H. The lowest BCUT2D eigenvalue weighted by molar-refractivity contribution is -0.115. The minimum atomic E-state index is -0.136. The minimum Gasteiger partial charge on any atom is -0.354 e. The van der Waals surface area contributed by atoms with Crippen molar-refractivity contribution in [1.82, 2.24) is 10.6 Å². The first-order chi connectivity index (χ1) is 10.7. The Bertz CT molecular complexity index is 589. The molecule has 5 nitrogen and oxygen atoms in total. The summed E-state index contributed by atoms with van der Waals surface area (Å²) in [6.07, 6.45) is 10.2. The molecule has 0 unspecified atom stereocenters. The third kappa shape index (κ3) is 6.48. The summed E-state index contributed by atoms with van der Waals surface area (Å²) in [4.78, 5) is 16.1. The van der Waals surface area contributed by atoms with Gasteiger partial charge in [0.05, 0.1) is 6.54 Å². The molecule has 3 N–H and O–H groups in total. The number of carbonyl (C=O) groups excluding carboxylic acids is 1. The molecule has 6 heteroatoms. The fraction of sp³-hybridized carbons (Fsp3) is 0.412. The van der Waals surface area contributed by atoms with Gasteiger partial charge in [-0.25, -0.2) is 0 Å². The van der Waals surface area contributed by atoms with Gasteiger partial charge in [0.1, 0.15) is 0 Å². The zero-order chi connectivity index (χ0) is 15.8. The maximum atomic E-state index is 12.0. The molecule has 0 heterocycles. The molecule has 1 aromatic rings. The Hall–Kier alpha value is -1.75. The largest absolute Gasteiger partial charge is 0.354 e. The van der Waals surface area contributed by atoms with E-state index in [2.05, 4.69) is 26.9 Å². The molecular formula is C17H23IN4O. The lowest BCUT2D eigenvalue weighted by atomic mass is 10.2. The third-order valence-electron chi connectivity index (χ3n) is 3.65. The first kappa shape index (κ1) is 19.3. The predicted molar refractivity (Wildman–Crippen MR) is 105 cm³/mol. The molecule has 1 amide bonds.